The summed E-state index contributed by atoms with van der Waals surface area (Å²) in [5, 5.41) is 0.326. The van der Waals surface area contributed by atoms with Gasteiger partial charge in [0, 0.05) is 34.3 Å². The van der Waals surface area contributed by atoms with Gasteiger partial charge in [-0.05, 0) is 29.7 Å². The fraction of sp³-hybridized carbons (Fsp3) is 0.273. The number of carbonyl (C=O) groups is 1. The maximum Gasteiger partial charge on any atom is 0.404 e. The van der Waals surface area contributed by atoms with Crippen LogP contribution in [0, 0.1) is 0 Å². The minimum absolute atomic E-state index is 0.0361. The molecule has 34 heavy (non-hydrogen) atoms. The van der Waals surface area contributed by atoms with Crippen LogP contribution in [0.15, 0.2) is 47.5 Å². The number of amides is 1. The summed E-state index contributed by atoms with van der Waals surface area (Å²) >= 11 is 12.0. The maximum absolute atomic E-state index is 13.5. The van der Waals surface area contributed by atoms with Crippen molar-refractivity contribution in [3.05, 3.63) is 69.6 Å². The van der Waals surface area contributed by atoms with Gasteiger partial charge in [0.2, 0.25) is 0 Å². The molecule has 9 nitrogen and oxygen atoms in total. The van der Waals surface area contributed by atoms with Crippen LogP contribution in [-0.2, 0) is 27.8 Å². The van der Waals surface area contributed by atoms with Crippen LogP contribution in [0.5, 0.6) is 5.75 Å². The predicted octanol–water partition coefficient (Wildman–Crippen LogP) is 4.35. The molecule has 0 aliphatic heterocycles. The number of nitrogens with zero attached hydrogens (tertiary/aromatic N) is 2. The molecule has 4 N–H and O–H groups in total. The predicted molar refractivity (Wildman–Crippen MR) is 130 cm³/mol. The second-order valence-electron chi connectivity index (χ2n) is 7.76. The van der Waals surface area contributed by atoms with E-state index in [1.807, 2.05) is 13.8 Å². The highest BCUT2D eigenvalue weighted by Crippen LogP contribution is 2.31. The molecule has 0 saturated heterocycles. The van der Waals surface area contributed by atoms with Gasteiger partial charge in [0.25, 0.3) is 0 Å². The average Bonchev–Trinajstić information content (AvgIpc) is 3.08. The molecule has 3 rings (SSSR count). The number of ether oxygens (including phenoxy) is 1. The molecule has 1 heterocycles. The van der Waals surface area contributed by atoms with E-state index >= 15 is 0 Å². The zero-order valence-corrected chi connectivity index (χ0v) is 20.8. The Bertz CT molecular complexity index is 1270. The van der Waals surface area contributed by atoms with E-state index in [0.717, 1.165) is 5.56 Å². The fourth-order valence-electron chi connectivity index (χ4n) is 3.29. The third-order valence-corrected chi connectivity index (χ3v) is 6.49. The van der Waals surface area contributed by atoms with Gasteiger partial charge in [-0.15, -0.1) is 0 Å². The number of rotatable bonds is 9. The largest absolute Gasteiger partial charge is 0.449 e. The van der Waals surface area contributed by atoms with E-state index < -0.39 is 16.2 Å². The van der Waals surface area contributed by atoms with Crippen molar-refractivity contribution in [3.63, 3.8) is 0 Å². The Kier molecular flexibility index (Phi) is 7.96. The first-order valence-corrected chi connectivity index (χ1v) is 12.4. The van der Waals surface area contributed by atoms with E-state index in [4.69, 9.17) is 43.6 Å². The molecule has 3 aromatic rings. The molecule has 1 aromatic heterocycles. The lowest BCUT2D eigenvalue weighted by Crippen LogP contribution is -2.20. The van der Waals surface area contributed by atoms with Crippen molar-refractivity contribution in [2.75, 3.05) is 12.3 Å². The van der Waals surface area contributed by atoms with Crippen LogP contribution in [-0.4, -0.2) is 30.7 Å². The number of nitrogen functional groups attached to an aromatic ring is 1. The van der Waals surface area contributed by atoms with Crippen LogP contribution in [0.4, 0.5) is 10.5 Å². The van der Waals surface area contributed by atoms with Crippen molar-refractivity contribution in [2.45, 2.75) is 37.8 Å². The summed E-state index contributed by atoms with van der Waals surface area (Å²) in [4.78, 5) is 15.6. The Morgan fingerprint density at radius 3 is 2.29 bits per heavy atom. The number of benzene rings is 2. The smallest absolute Gasteiger partial charge is 0.404 e. The van der Waals surface area contributed by atoms with Crippen LogP contribution < -0.4 is 15.7 Å². The zero-order valence-electron chi connectivity index (χ0n) is 18.5. The van der Waals surface area contributed by atoms with Crippen molar-refractivity contribution in [3.8, 4) is 5.75 Å². The molecule has 0 bridgehead atoms. The van der Waals surface area contributed by atoms with Crippen LogP contribution in [0.25, 0.3) is 0 Å². The molecule has 2 aromatic carbocycles. The van der Waals surface area contributed by atoms with Gasteiger partial charge in [-0.25, -0.2) is 9.78 Å². The van der Waals surface area contributed by atoms with Crippen LogP contribution in [0.1, 0.15) is 36.8 Å². The van der Waals surface area contributed by atoms with Crippen molar-refractivity contribution >= 4 is 45.1 Å². The number of nitrogens with two attached hydrogens (primary N) is 2. The van der Waals surface area contributed by atoms with Crippen molar-refractivity contribution in [2.24, 2.45) is 5.73 Å². The lowest BCUT2D eigenvalue weighted by atomic mass is 10.1. The van der Waals surface area contributed by atoms with Gasteiger partial charge in [-0.3, -0.25) is 0 Å². The number of anilines is 1. The molecule has 0 radical (unpaired) electrons. The summed E-state index contributed by atoms with van der Waals surface area (Å²) in [6.07, 6.45) is -0.800. The Morgan fingerprint density at radius 2 is 1.74 bits per heavy atom. The van der Waals surface area contributed by atoms with Gasteiger partial charge >= 0.3 is 16.2 Å². The summed E-state index contributed by atoms with van der Waals surface area (Å²) in [5.41, 5.74) is 12.5. The number of primary amides is 1. The third-order valence-electron chi connectivity index (χ3n) is 4.74. The topological polar surface area (TPSA) is 140 Å². The van der Waals surface area contributed by atoms with E-state index in [9.17, 15) is 13.2 Å². The molecule has 1 amide bonds. The Hall–Kier alpha value is -2.95. The van der Waals surface area contributed by atoms with Crippen molar-refractivity contribution in [1.82, 2.24) is 9.55 Å². The number of halogens is 2. The minimum atomic E-state index is -4.38. The van der Waals surface area contributed by atoms with E-state index in [2.05, 4.69) is 4.98 Å². The zero-order chi connectivity index (χ0) is 25.0. The SMILES string of the molecule is CC(C)c1nc(CCOC(N)=O)n(Cc2ccc(N)cc2)c1S(=O)(=O)Oc1cc(Cl)cc(Cl)c1. The Labute approximate surface area is 207 Å². The summed E-state index contributed by atoms with van der Waals surface area (Å²) in [6, 6.07) is 11.1. The van der Waals surface area contributed by atoms with Crippen LogP contribution >= 0.6 is 23.2 Å². The fourth-order valence-corrected chi connectivity index (χ4v) is 5.20. The molecule has 182 valence electrons. The van der Waals surface area contributed by atoms with E-state index in [-0.39, 0.29) is 46.3 Å². The van der Waals surface area contributed by atoms with Gasteiger partial charge in [-0.1, -0.05) is 49.2 Å². The van der Waals surface area contributed by atoms with Gasteiger partial charge in [-0.2, -0.15) is 8.42 Å². The van der Waals surface area contributed by atoms with Gasteiger partial charge < -0.3 is 25.0 Å². The normalized spacial score (nSPS) is 11.6. The summed E-state index contributed by atoms with van der Waals surface area (Å²) in [7, 11) is -4.38. The quantitative estimate of drug-likeness (QED) is 0.312. The van der Waals surface area contributed by atoms with Crippen molar-refractivity contribution in [1.29, 1.82) is 0 Å². The van der Waals surface area contributed by atoms with Gasteiger partial charge in [0.1, 0.15) is 18.2 Å². The Morgan fingerprint density at radius 1 is 1.12 bits per heavy atom. The first-order chi connectivity index (χ1) is 16.0. The van der Waals surface area contributed by atoms with Gasteiger partial charge in [0.15, 0.2) is 5.03 Å². The number of carbonyl (C=O) groups excluding carboxylic acids is 1. The summed E-state index contributed by atoms with van der Waals surface area (Å²) < 4.78 is 38.8. The van der Waals surface area contributed by atoms with E-state index in [1.54, 1.807) is 24.3 Å². The van der Waals surface area contributed by atoms with Crippen LogP contribution in [0.2, 0.25) is 10.0 Å². The van der Waals surface area contributed by atoms with E-state index in [1.165, 1.54) is 22.8 Å². The third kappa shape index (κ3) is 6.34. The number of imidazole rings is 1. The molecular formula is C22H24Cl2N4O5S. The molecule has 0 saturated carbocycles. The molecule has 0 atom stereocenters. The molecule has 0 spiro atoms. The molecule has 0 fully saturated rings. The maximum atomic E-state index is 13.5. The number of hydrogen-bond donors (Lipinski definition) is 2. The van der Waals surface area contributed by atoms with Crippen LogP contribution in [0.3, 0.4) is 0 Å². The molecular weight excluding hydrogens is 503 g/mol. The molecule has 0 unspecified atom stereocenters. The molecule has 0 aliphatic carbocycles. The second-order valence-corrected chi connectivity index (χ2v) is 10.1. The highest BCUT2D eigenvalue weighted by atomic mass is 35.5. The van der Waals surface area contributed by atoms with E-state index in [0.29, 0.717) is 17.2 Å². The lowest BCUT2D eigenvalue weighted by Gasteiger charge is -2.15. The Balaban J connectivity index is 2.12. The second kappa shape index (κ2) is 10.5. The number of aromatic nitrogens is 2. The molecule has 12 heteroatoms. The standard InChI is InChI=1S/C22H24Cl2N4O5S/c1-13(2)20-21(34(30,31)33-18-10-15(23)9-16(24)11-18)28(12-14-3-5-17(25)6-4-14)19(27-20)7-8-32-22(26)29/h3-6,9-11,13H,7-8,12,25H2,1-2H3,(H2,26,29). The van der Waals surface area contributed by atoms with Crippen molar-refractivity contribution < 1.29 is 22.1 Å². The minimum Gasteiger partial charge on any atom is -0.449 e. The highest BCUT2D eigenvalue weighted by molar-refractivity contribution is 7.87. The highest BCUT2D eigenvalue weighted by Gasteiger charge is 2.31. The molecule has 0 aliphatic rings. The summed E-state index contributed by atoms with van der Waals surface area (Å²) in [6.45, 7) is 3.71. The first-order valence-electron chi connectivity index (χ1n) is 10.2. The van der Waals surface area contributed by atoms with Gasteiger partial charge in [0.05, 0.1) is 12.2 Å². The first kappa shape index (κ1) is 25.7. The summed E-state index contributed by atoms with van der Waals surface area (Å²) in [5.74, 6) is 0.0823. The number of hydrogen-bond acceptors (Lipinski definition) is 7. The average molecular weight is 527 g/mol. The lowest BCUT2D eigenvalue weighted by molar-refractivity contribution is 0.157. The monoisotopic (exact) mass is 526 g/mol.